The summed E-state index contributed by atoms with van der Waals surface area (Å²) in [6.45, 7) is 6.00. The molecule has 2 aliphatic heterocycles. The van der Waals surface area contributed by atoms with E-state index < -0.39 is 17.3 Å². The lowest BCUT2D eigenvalue weighted by atomic mass is 9.77. The molecule has 9 heteroatoms. The molecule has 3 N–H and O–H groups in total. The van der Waals surface area contributed by atoms with Gasteiger partial charge in [0.2, 0.25) is 0 Å². The van der Waals surface area contributed by atoms with Crippen LogP contribution in [0.25, 0.3) is 0 Å². The van der Waals surface area contributed by atoms with E-state index in [-0.39, 0.29) is 34.9 Å². The Morgan fingerprint density at radius 2 is 2.27 bits per heavy atom. The van der Waals surface area contributed by atoms with Crippen LogP contribution in [0.4, 0.5) is 10.1 Å². The first-order valence-corrected chi connectivity index (χ1v) is 9.23. The predicted molar refractivity (Wildman–Crippen MR) is 110 cm³/mol. The molecule has 3 atom stereocenters. The summed E-state index contributed by atoms with van der Waals surface area (Å²) in [5, 5.41) is 11.5. The quantitative estimate of drug-likeness (QED) is 0.436. The van der Waals surface area contributed by atoms with Crippen LogP contribution < -0.4 is 11.1 Å². The molecular formula is C21H22FN5O3. The Bertz CT molecular complexity index is 1010. The number of carbonyl (C=O) groups is 1. The zero-order chi connectivity index (χ0) is 21.9. The van der Waals surface area contributed by atoms with Crippen molar-refractivity contribution in [1.82, 2.24) is 0 Å². The lowest BCUT2D eigenvalue weighted by Gasteiger charge is -2.38. The number of nitrogens with two attached hydrogens (primary N) is 1. The summed E-state index contributed by atoms with van der Waals surface area (Å²) >= 11 is 0. The molecule has 1 fully saturated rings. The molecule has 2 aliphatic rings. The molecule has 0 aromatic heterocycles. The van der Waals surface area contributed by atoms with Crippen molar-refractivity contribution in [3.63, 3.8) is 0 Å². The molecule has 2 unspecified atom stereocenters. The number of nitrogens with zero attached hydrogens (tertiary/aromatic N) is 3. The van der Waals surface area contributed by atoms with Crippen molar-refractivity contribution in [3.05, 3.63) is 53.9 Å². The zero-order valence-electron chi connectivity index (χ0n) is 16.7. The van der Waals surface area contributed by atoms with Gasteiger partial charge in [0.15, 0.2) is 0 Å². The van der Waals surface area contributed by atoms with E-state index in [9.17, 15) is 9.18 Å². The van der Waals surface area contributed by atoms with Crippen LogP contribution in [0.5, 0.6) is 0 Å². The number of hydrogen-bond acceptors (Lipinski definition) is 7. The number of rotatable bonds is 5. The second-order valence-electron chi connectivity index (χ2n) is 7.13. The molecule has 1 aromatic rings. The van der Waals surface area contributed by atoms with Crippen molar-refractivity contribution in [1.29, 1.82) is 5.26 Å². The monoisotopic (exact) mass is 411 g/mol. The SMILES string of the molecule is C=C(C#N)/C=C\C(=N/C)C(=O)Nc1ccc(F)c([C@@]2(C)N=C(N)OC3COCC32)c1. The minimum atomic E-state index is -1.01. The Morgan fingerprint density at radius 3 is 2.97 bits per heavy atom. The minimum Gasteiger partial charge on any atom is -0.459 e. The molecule has 0 saturated carbocycles. The molecule has 156 valence electrons. The van der Waals surface area contributed by atoms with Crippen molar-refractivity contribution in [2.24, 2.45) is 21.6 Å². The Morgan fingerprint density at radius 1 is 1.50 bits per heavy atom. The molecule has 0 spiro atoms. The van der Waals surface area contributed by atoms with E-state index in [4.69, 9.17) is 20.5 Å². The lowest BCUT2D eigenvalue weighted by Crippen LogP contribution is -2.47. The Balaban J connectivity index is 1.90. The Kier molecular flexibility index (Phi) is 5.99. The van der Waals surface area contributed by atoms with Crippen LogP contribution in [0, 0.1) is 23.1 Å². The van der Waals surface area contributed by atoms with Gasteiger partial charge < -0.3 is 20.5 Å². The highest BCUT2D eigenvalue weighted by molar-refractivity contribution is 6.47. The van der Waals surface area contributed by atoms with Crippen LogP contribution in [-0.2, 0) is 19.8 Å². The normalized spacial score (nSPS) is 25.8. The van der Waals surface area contributed by atoms with Crippen molar-refractivity contribution >= 4 is 23.3 Å². The van der Waals surface area contributed by atoms with Crippen molar-refractivity contribution in [2.75, 3.05) is 25.6 Å². The van der Waals surface area contributed by atoms with Gasteiger partial charge in [0, 0.05) is 23.9 Å². The number of aliphatic imine (C=N–C) groups is 2. The van der Waals surface area contributed by atoms with Crippen molar-refractivity contribution in [2.45, 2.75) is 18.6 Å². The molecule has 2 heterocycles. The third kappa shape index (κ3) is 4.09. The van der Waals surface area contributed by atoms with Crippen LogP contribution in [0.1, 0.15) is 12.5 Å². The second-order valence-corrected chi connectivity index (χ2v) is 7.13. The molecule has 1 aromatic carbocycles. The van der Waals surface area contributed by atoms with Gasteiger partial charge in [0.05, 0.1) is 30.7 Å². The zero-order valence-corrected chi connectivity index (χ0v) is 16.7. The standard InChI is InChI=1S/C21H22FN5O3/c1-12(9-23)4-7-17(25-3)19(28)26-13-5-6-16(22)14(8-13)21(2)15-10-29-11-18(15)30-20(24)27-21/h4-8,15,18H,1,10-11H2,2-3H3,(H2,24,27)(H,26,28)/b7-4-,25-17+/t15?,18?,21-/m1/s1. The molecule has 3 rings (SSSR count). The number of fused-ring (bicyclic) bond motifs is 1. The number of benzene rings is 1. The van der Waals surface area contributed by atoms with Gasteiger partial charge in [0.25, 0.3) is 11.9 Å². The fraction of sp³-hybridized carbons (Fsp3) is 0.333. The summed E-state index contributed by atoms with van der Waals surface area (Å²) in [5.74, 6) is -1.22. The Hall–Kier alpha value is -3.51. The van der Waals surface area contributed by atoms with E-state index in [2.05, 4.69) is 21.9 Å². The number of amides is 1. The number of halogens is 1. The lowest BCUT2D eigenvalue weighted by molar-refractivity contribution is -0.110. The second kappa shape index (κ2) is 8.47. The molecule has 0 bridgehead atoms. The van der Waals surface area contributed by atoms with Gasteiger partial charge in [-0.05, 0) is 37.3 Å². The van der Waals surface area contributed by atoms with E-state index in [1.165, 1.54) is 37.4 Å². The molecular weight excluding hydrogens is 389 g/mol. The van der Waals surface area contributed by atoms with Gasteiger partial charge in [-0.15, -0.1) is 0 Å². The van der Waals surface area contributed by atoms with Gasteiger partial charge in [-0.3, -0.25) is 9.79 Å². The highest BCUT2D eigenvalue weighted by atomic mass is 19.1. The average molecular weight is 411 g/mol. The van der Waals surface area contributed by atoms with Crippen LogP contribution in [0.15, 0.2) is 52.5 Å². The van der Waals surface area contributed by atoms with Gasteiger partial charge in [-0.2, -0.15) is 5.26 Å². The summed E-state index contributed by atoms with van der Waals surface area (Å²) in [6.07, 6.45) is 2.46. The average Bonchev–Trinajstić information content (AvgIpc) is 3.18. The Labute approximate surface area is 173 Å². The van der Waals surface area contributed by atoms with Crippen LogP contribution in [0.3, 0.4) is 0 Å². The first-order valence-electron chi connectivity index (χ1n) is 9.23. The number of carbonyl (C=O) groups excluding carboxylic acids is 1. The maximum Gasteiger partial charge on any atom is 0.283 e. The molecule has 0 aliphatic carbocycles. The summed E-state index contributed by atoms with van der Waals surface area (Å²) in [7, 11) is 1.45. The van der Waals surface area contributed by atoms with Crippen LogP contribution in [0.2, 0.25) is 0 Å². The van der Waals surface area contributed by atoms with E-state index in [0.717, 1.165) is 0 Å². The number of amidine groups is 1. The van der Waals surface area contributed by atoms with E-state index in [0.29, 0.717) is 18.9 Å². The predicted octanol–water partition coefficient (Wildman–Crippen LogP) is 2.05. The molecule has 30 heavy (non-hydrogen) atoms. The van der Waals surface area contributed by atoms with Crippen molar-refractivity contribution < 1.29 is 18.7 Å². The number of anilines is 1. The highest BCUT2D eigenvalue weighted by Crippen LogP contribution is 2.43. The maximum absolute atomic E-state index is 14.8. The van der Waals surface area contributed by atoms with Crippen LogP contribution >= 0.6 is 0 Å². The summed E-state index contributed by atoms with van der Waals surface area (Å²) in [4.78, 5) is 20.8. The number of ether oxygens (including phenoxy) is 2. The fourth-order valence-electron chi connectivity index (χ4n) is 3.58. The number of nitrogens with one attached hydrogen (secondary N) is 1. The summed E-state index contributed by atoms with van der Waals surface area (Å²) < 4.78 is 25.8. The number of nitriles is 1. The van der Waals surface area contributed by atoms with E-state index in [1.807, 2.05) is 6.07 Å². The molecule has 1 amide bonds. The van der Waals surface area contributed by atoms with Crippen molar-refractivity contribution in [3.8, 4) is 6.07 Å². The van der Waals surface area contributed by atoms with E-state index in [1.54, 1.807) is 6.92 Å². The third-order valence-electron chi connectivity index (χ3n) is 5.19. The van der Waals surface area contributed by atoms with Gasteiger partial charge in [0.1, 0.15) is 17.6 Å². The highest BCUT2D eigenvalue weighted by Gasteiger charge is 2.50. The van der Waals surface area contributed by atoms with Gasteiger partial charge in [-0.1, -0.05) is 6.58 Å². The topological polar surface area (TPSA) is 122 Å². The van der Waals surface area contributed by atoms with E-state index >= 15 is 0 Å². The fourth-order valence-corrected chi connectivity index (χ4v) is 3.58. The summed E-state index contributed by atoms with van der Waals surface area (Å²) in [6, 6.07) is 6.06. The molecule has 8 nitrogen and oxygen atoms in total. The first kappa shape index (κ1) is 21.2. The third-order valence-corrected chi connectivity index (χ3v) is 5.19. The molecule has 0 radical (unpaired) electrons. The van der Waals surface area contributed by atoms with Gasteiger partial charge in [-0.25, -0.2) is 9.38 Å². The minimum absolute atomic E-state index is 0.0265. The smallest absolute Gasteiger partial charge is 0.283 e. The van der Waals surface area contributed by atoms with Gasteiger partial charge >= 0.3 is 0 Å². The molecule has 1 saturated heterocycles. The number of allylic oxidation sites excluding steroid dienone is 2. The van der Waals surface area contributed by atoms with Crippen LogP contribution in [-0.4, -0.2) is 44.0 Å². The number of hydrogen-bond donors (Lipinski definition) is 2. The first-order chi connectivity index (χ1) is 14.3. The maximum atomic E-state index is 14.8. The summed E-state index contributed by atoms with van der Waals surface area (Å²) in [5.41, 5.74) is 5.72. The largest absolute Gasteiger partial charge is 0.459 e.